The van der Waals surface area contributed by atoms with Crippen molar-refractivity contribution in [1.29, 1.82) is 0 Å². The minimum atomic E-state index is -0.559. The Morgan fingerprint density at radius 3 is 2.52 bits per heavy atom. The number of nitrogens with zero attached hydrogens (tertiary/aromatic N) is 1. The Hall–Kier alpha value is -2.69. The molecule has 152 valence electrons. The molecule has 2 atom stereocenters. The molecular formula is C24H27FN2O2. The Kier molecular flexibility index (Phi) is 5.15. The van der Waals surface area contributed by atoms with Gasteiger partial charge in [-0.05, 0) is 49.9 Å². The number of para-hydroxylation sites is 1. The number of fused-ring (bicyclic) bond motifs is 1. The fourth-order valence-electron chi connectivity index (χ4n) is 5.20. The molecule has 29 heavy (non-hydrogen) atoms. The highest BCUT2D eigenvalue weighted by atomic mass is 19.1. The van der Waals surface area contributed by atoms with Crippen LogP contribution in [0.3, 0.4) is 0 Å². The molecule has 1 spiro atoms. The van der Waals surface area contributed by atoms with Gasteiger partial charge in [0, 0.05) is 11.6 Å². The van der Waals surface area contributed by atoms with E-state index in [0.29, 0.717) is 5.56 Å². The monoisotopic (exact) mass is 394 g/mol. The maximum atomic E-state index is 14.2. The Balaban J connectivity index is 1.84. The molecule has 1 aliphatic heterocycles. The number of hydrogen-bond donors (Lipinski definition) is 1. The van der Waals surface area contributed by atoms with Crippen LogP contribution in [-0.2, 0) is 4.79 Å². The van der Waals surface area contributed by atoms with Crippen molar-refractivity contribution in [1.82, 2.24) is 4.90 Å². The van der Waals surface area contributed by atoms with E-state index in [1.54, 1.807) is 24.3 Å². The third kappa shape index (κ3) is 3.13. The summed E-state index contributed by atoms with van der Waals surface area (Å²) in [7, 11) is 0. The topological polar surface area (TPSA) is 49.4 Å². The third-order valence-electron chi connectivity index (χ3n) is 6.63. The fraction of sp³-hybridized carbons (Fsp3) is 0.417. The number of carbonyl (C=O) groups excluding carboxylic acids is 2. The van der Waals surface area contributed by atoms with Crippen molar-refractivity contribution in [2.75, 3.05) is 5.32 Å². The standard InChI is InChI=1S/C24H27FN2O2/c1-3-16(2)27-23(29)18-11-5-4-10-17(18)21(24(27)14-8-9-15-24)22(28)26-20-13-7-6-12-19(20)25/h4-7,10-13,16,21H,3,8-9,14-15H2,1-2H3,(H,26,28)/t16-,21+/m1/s1. The van der Waals surface area contributed by atoms with Crippen LogP contribution in [0.5, 0.6) is 0 Å². The molecule has 0 bridgehead atoms. The lowest BCUT2D eigenvalue weighted by Gasteiger charge is -2.52. The quantitative estimate of drug-likeness (QED) is 0.783. The lowest BCUT2D eigenvalue weighted by molar-refractivity contribution is -0.121. The molecule has 4 rings (SSSR count). The average molecular weight is 394 g/mol. The van der Waals surface area contributed by atoms with Crippen molar-refractivity contribution in [3.05, 3.63) is 65.5 Å². The van der Waals surface area contributed by atoms with E-state index in [2.05, 4.69) is 19.2 Å². The highest BCUT2D eigenvalue weighted by Gasteiger charge is 2.56. The molecule has 2 amide bonds. The SMILES string of the molecule is CC[C@@H](C)N1C(=O)c2ccccc2[C@@H](C(=O)Nc2ccccc2F)C12CCCC2. The summed E-state index contributed by atoms with van der Waals surface area (Å²) in [6.07, 6.45) is 4.34. The zero-order chi connectivity index (χ0) is 20.6. The van der Waals surface area contributed by atoms with Crippen LogP contribution in [0.1, 0.15) is 67.8 Å². The summed E-state index contributed by atoms with van der Waals surface area (Å²) in [5, 5.41) is 2.81. The smallest absolute Gasteiger partial charge is 0.254 e. The van der Waals surface area contributed by atoms with E-state index < -0.39 is 17.3 Å². The molecule has 5 heteroatoms. The predicted octanol–water partition coefficient (Wildman–Crippen LogP) is 5.12. The number of halogens is 1. The van der Waals surface area contributed by atoms with Gasteiger partial charge in [-0.2, -0.15) is 0 Å². The van der Waals surface area contributed by atoms with Gasteiger partial charge in [-0.3, -0.25) is 9.59 Å². The molecule has 2 aliphatic rings. The van der Waals surface area contributed by atoms with Crippen molar-refractivity contribution in [3.8, 4) is 0 Å². The van der Waals surface area contributed by atoms with Crippen LogP contribution in [0, 0.1) is 5.82 Å². The second-order valence-corrected chi connectivity index (χ2v) is 8.23. The number of rotatable bonds is 4. The van der Waals surface area contributed by atoms with Crippen LogP contribution >= 0.6 is 0 Å². The summed E-state index contributed by atoms with van der Waals surface area (Å²) in [6, 6.07) is 13.6. The molecule has 0 aromatic heterocycles. The highest BCUT2D eigenvalue weighted by molar-refractivity contribution is 6.05. The van der Waals surface area contributed by atoms with Gasteiger partial charge in [-0.1, -0.05) is 50.1 Å². The molecule has 1 N–H and O–H groups in total. The zero-order valence-corrected chi connectivity index (χ0v) is 17.0. The third-order valence-corrected chi connectivity index (χ3v) is 6.63. The number of hydrogen-bond acceptors (Lipinski definition) is 2. The fourth-order valence-corrected chi connectivity index (χ4v) is 5.20. The molecule has 1 heterocycles. The summed E-state index contributed by atoms with van der Waals surface area (Å²) in [6.45, 7) is 4.12. The van der Waals surface area contributed by atoms with E-state index in [-0.39, 0.29) is 23.5 Å². The summed E-state index contributed by atoms with van der Waals surface area (Å²) in [5.41, 5.74) is 0.956. The lowest BCUT2D eigenvalue weighted by Crippen LogP contribution is -2.62. The molecule has 2 aromatic rings. The lowest BCUT2D eigenvalue weighted by atomic mass is 9.70. The van der Waals surface area contributed by atoms with E-state index in [1.807, 2.05) is 23.1 Å². The van der Waals surface area contributed by atoms with E-state index in [1.165, 1.54) is 6.07 Å². The minimum absolute atomic E-state index is 0.00629. The van der Waals surface area contributed by atoms with Gasteiger partial charge < -0.3 is 10.2 Å². The Morgan fingerprint density at radius 2 is 1.83 bits per heavy atom. The van der Waals surface area contributed by atoms with Gasteiger partial charge in [0.05, 0.1) is 17.1 Å². The average Bonchev–Trinajstić information content (AvgIpc) is 3.19. The van der Waals surface area contributed by atoms with Crippen molar-refractivity contribution in [3.63, 3.8) is 0 Å². The van der Waals surface area contributed by atoms with Crippen LogP contribution in [0.4, 0.5) is 10.1 Å². The second-order valence-electron chi connectivity index (χ2n) is 8.23. The van der Waals surface area contributed by atoms with Crippen molar-refractivity contribution in [2.45, 2.75) is 63.5 Å². The Labute approximate surface area is 171 Å². The largest absolute Gasteiger partial charge is 0.329 e. The van der Waals surface area contributed by atoms with Gasteiger partial charge in [-0.25, -0.2) is 4.39 Å². The van der Waals surface area contributed by atoms with Crippen LogP contribution in [0.2, 0.25) is 0 Å². The molecular weight excluding hydrogens is 367 g/mol. The van der Waals surface area contributed by atoms with Crippen molar-refractivity contribution < 1.29 is 14.0 Å². The van der Waals surface area contributed by atoms with E-state index in [9.17, 15) is 14.0 Å². The van der Waals surface area contributed by atoms with E-state index in [0.717, 1.165) is 37.7 Å². The molecule has 0 unspecified atom stereocenters. The van der Waals surface area contributed by atoms with Gasteiger partial charge in [0.2, 0.25) is 5.91 Å². The van der Waals surface area contributed by atoms with Crippen LogP contribution in [-0.4, -0.2) is 28.3 Å². The maximum absolute atomic E-state index is 14.2. The normalized spacial score (nSPS) is 21.1. The van der Waals surface area contributed by atoms with E-state index >= 15 is 0 Å². The number of anilines is 1. The molecule has 1 fully saturated rings. The second kappa shape index (κ2) is 7.62. The first-order valence-corrected chi connectivity index (χ1v) is 10.5. The predicted molar refractivity (Wildman–Crippen MR) is 111 cm³/mol. The number of nitrogens with one attached hydrogen (secondary N) is 1. The Bertz CT molecular complexity index is 936. The first kappa shape index (κ1) is 19.6. The van der Waals surface area contributed by atoms with Crippen LogP contribution < -0.4 is 5.32 Å². The van der Waals surface area contributed by atoms with E-state index in [4.69, 9.17) is 0 Å². The number of amides is 2. The van der Waals surface area contributed by atoms with Crippen LogP contribution in [0.15, 0.2) is 48.5 Å². The minimum Gasteiger partial charge on any atom is -0.329 e. The summed E-state index contributed by atoms with van der Waals surface area (Å²) in [4.78, 5) is 29.1. The van der Waals surface area contributed by atoms with Gasteiger partial charge >= 0.3 is 0 Å². The van der Waals surface area contributed by atoms with Crippen molar-refractivity contribution in [2.24, 2.45) is 0 Å². The molecule has 0 radical (unpaired) electrons. The molecule has 0 saturated heterocycles. The number of carbonyl (C=O) groups is 2. The molecule has 4 nitrogen and oxygen atoms in total. The number of benzene rings is 2. The molecule has 1 aliphatic carbocycles. The van der Waals surface area contributed by atoms with Crippen molar-refractivity contribution >= 4 is 17.5 Å². The first-order chi connectivity index (χ1) is 14.0. The van der Waals surface area contributed by atoms with Gasteiger partial charge in [0.1, 0.15) is 5.82 Å². The first-order valence-electron chi connectivity index (χ1n) is 10.5. The van der Waals surface area contributed by atoms with Gasteiger partial charge in [-0.15, -0.1) is 0 Å². The van der Waals surface area contributed by atoms with Gasteiger partial charge in [0.15, 0.2) is 0 Å². The summed E-state index contributed by atoms with van der Waals surface area (Å²) >= 11 is 0. The Morgan fingerprint density at radius 1 is 1.17 bits per heavy atom. The molecule has 2 aromatic carbocycles. The summed E-state index contributed by atoms with van der Waals surface area (Å²) < 4.78 is 14.2. The summed E-state index contributed by atoms with van der Waals surface area (Å²) in [5.74, 6) is -1.22. The maximum Gasteiger partial charge on any atom is 0.254 e. The molecule has 1 saturated carbocycles. The van der Waals surface area contributed by atoms with Gasteiger partial charge in [0.25, 0.3) is 5.91 Å². The van der Waals surface area contributed by atoms with Crippen LogP contribution in [0.25, 0.3) is 0 Å². The highest BCUT2D eigenvalue weighted by Crippen LogP contribution is 2.51. The zero-order valence-electron chi connectivity index (χ0n) is 17.0.